The van der Waals surface area contributed by atoms with Crippen molar-refractivity contribution in [3.63, 3.8) is 0 Å². The van der Waals surface area contributed by atoms with Crippen molar-refractivity contribution in [3.8, 4) is 12.0 Å². The summed E-state index contributed by atoms with van der Waals surface area (Å²) in [7, 11) is 1.61. The minimum absolute atomic E-state index is 0.0424. The van der Waals surface area contributed by atoms with Gasteiger partial charge in [-0.1, -0.05) is 0 Å². The Kier molecular flexibility index (Phi) is 5.66. The average molecular weight is 300 g/mol. The lowest BCUT2D eigenvalue weighted by molar-refractivity contribution is 0.0528. The Hall–Kier alpha value is -1.77. The zero-order valence-electron chi connectivity index (χ0n) is 10.9. The van der Waals surface area contributed by atoms with Gasteiger partial charge in [0, 0.05) is 19.5 Å². The standard InChI is InChI=1S/C11H14ClN5O3/c1-18-5-6-19-7-8-20-11-15-9(12)14-10(16-11)17-4-2-3-13-17/h2-4H,5-8H2,1H3. The number of rotatable bonds is 8. The molecule has 0 aliphatic carbocycles. The molecule has 2 rings (SSSR count). The van der Waals surface area contributed by atoms with Crippen LogP contribution < -0.4 is 4.74 Å². The molecule has 0 saturated heterocycles. The quantitative estimate of drug-likeness (QED) is 0.665. The van der Waals surface area contributed by atoms with Crippen LogP contribution in [0.1, 0.15) is 0 Å². The van der Waals surface area contributed by atoms with Gasteiger partial charge < -0.3 is 14.2 Å². The molecule has 0 aromatic carbocycles. The summed E-state index contributed by atoms with van der Waals surface area (Å²) in [6.07, 6.45) is 3.31. The van der Waals surface area contributed by atoms with Gasteiger partial charge in [0.05, 0.1) is 19.8 Å². The van der Waals surface area contributed by atoms with Crippen LogP contribution in [-0.2, 0) is 9.47 Å². The van der Waals surface area contributed by atoms with Crippen molar-refractivity contribution < 1.29 is 14.2 Å². The lowest BCUT2D eigenvalue weighted by Gasteiger charge is -2.06. The maximum absolute atomic E-state index is 5.82. The van der Waals surface area contributed by atoms with Gasteiger partial charge in [-0.25, -0.2) is 4.68 Å². The van der Waals surface area contributed by atoms with Crippen molar-refractivity contribution >= 4 is 11.6 Å². The number of halogens is 1. The highest BCUT2D eigenvalue weighted by atomic mass is 35.5. The van der Waals surface area contributed by atoms with E-state index in [1.54, 1.807) is 25.6 Å². The molecule has 2 aromatic rings. The van der Waals surface area contributed by atoms with Crippen LogP contribution in [0.2, 0.25) is 5.28 Å². The number of aromatic nitrogens is 5. The van der Waals surface area contributed by atoms with Crippen molar-refractivity contribution in [2.45, 2.75) is 0 Å². The van der Waals surface area contributed by atoms with E-state index < -0.39 is 0 Å². The number of hydrogen-bond acceptors (Lipinski definition) is 7. The average Bonchev–Trinajstić information content (AvgIpc) is 2.96. The van der Waals surface area contributed by atoms with E-state index in [0.29, 0.717) is 32.4 Å². The van der Waals surface area contributed by atoms with E-state index in [-0.39, 0.29) is 11.3 Å². The van der Waals surface area contributed by atoms with E-state index in [0.717, 1.165) is 0 Å². The Balaban J connectivity index is 1.88. The Bertz CT molecular complexity index is 523. The summed E-state index contributed by atoms with van der Waals surface area (Å²) in [6, 6.07) is 1.88. The monoisotopic (exact) mass is 299 g/mol. The first-order chi connectivity index (χ1) is 9.79. The van der Waals surface area contributed by atoms with E-state index in [1.165, 1.54) is 4.68 Å². The Morgan fingerprint density at radius 3 is 2.75 bits per heavy atom. The zero-order valence-corrected chi connectivity index (χ0v) is 11.7. The number of methoxy groups -OCH3 is 1. The predicted molar refractivity (Wildman–Crippen MR) is 70.1 cm³/mol. The summed E-state index contributed by atoms with van der Waals surface area (Å²) in [5.74, 6) is 0.297. The molecule has 0 fully saturated rings. The van der Waals surface area contributed by atoms with E-state index in [9.17, 15) is 0 Å². The number of nitrogens with zero attached hydrogens (tertiary/aromatic N) is 5. The van der Waals surface area contributed by atoms with Crippen LogP contribution in [0.3, 0.4) is 0 Å². The number of ether oxygens (including phenoxy) is 3. The summed E-state index contributed by atoms with van der Waals surface area (Å²) < 4.78 is 16.9. The molecule has 0 amide bonds. The normalized spacial score (nSPS) is 10.7. The second-order valence-electron chi connectivity index (χ2n) is 3.59. The van der Waals surface area contributed by atoms with Gasteiger partial charge in [-0.3, -0.25) is 0 Å². The third-order valence-corrected chi connectivity index (χ3v) is 2.34. The largest absolute Gasteiger partial charge is 0.461 e. The molecule has 2 heterocycles. The third kappa shape index (κ3) is 4.41. The predicted octanol–water partition coefficient (Wildman–Crippen LogP) is 0.752. The van der Waals surface area contributed by atoms with Crippen LogP contribution in [0.5, 0.6) is 6.01 Å². The smallest absolute Gasteiger partial charge is 0.322 e. The molecule has 0 aliphatic rings. The lowest BCUT2D eigenvalue weighted by Crippen LogP contribution is -2.12. The molecule has 0 saturated carbocycles. The third-order valence-electron chi connectivity index (χ3n) is 2.18. The van der Waals surface area contributed by atoms with Crippen molar-refractivity contribution in [1.29, 1.82) is 0 Å². The first kappa shape index (κ1) is 14.6. The van der Waals surface area contributed by atoms with Gasteiger partial charge in [-0.05, 0) is 17.7 Å². The molecule has 0 unspecified atom stereocenters. The van der Waals surface area contributed by atoms with Gasteiger partial charge >= 0.3 is 6.01 Å². The van der Waals surface area contributed by atoms with Crippen LogP contribution in [0.15, 0.2) is 18.5 Å². The molecule has 0 spiro atoms. The highest BCUT2D eigenvalue weighted by Crippen LogP contribution is 2.10. The molecule has 0 aliphatic heterocycles. The summed E-state index contributed by atoms with van der Waals surface area (Å²) in [5, 5.41) is 4.05. The second kappa shape index (κ2) is 7.73. The summed E-state index contributed by atoms with van der Waals surface area (Å²) in [4.78, 5) is 11.9. The fraction of sp³-hybridized carbons (Fsp3) is 0.455. The minimum atomic E-state index is 0.0424. The van der Waals surface area contributed by atoms with E-state index in [4.69, 9.17) is 25.8 Å². The Morgan fingerprint density at radius 2 is 2.00 bits per heavy atom. The van der Waals surface area contributed by atoms with Crippen molar-refractivity contribution in [1.82, 2.24) is 24.7 Å². The van der Waals surface area contributed by atoms with Crippen LogP contribution >= 0.6 is 11.6 Å². The maximum Gasteiger partial charge on any atom is 0.322 e. The lowest BCUT2D eigenvalue weighted by atomic mass is 10.7. The molecule has 0 radical (unpaired) electrons. The highest BCUT2D eigenvalue weighted by molar-refractivity contribution is 6.28. The molecule has 0 atom stereocenters. The van der Waals surface area contributed by atoms with Crippen LogP contribution in [0, 0.1) is 0 Å². The molecule has 8 nitrogen and oxygen atoms in total. The van der Waals surface area contributed by atoms with E-state index in [2.05, 4.69) is 20.1 Å². The fourth-order valence-electron chi connectivity index (χ4n) is 1.31. The first-order valence-electron chi connectivity index (χ1n) is 5.90. The van der Waals surface area contributed by atoms with Gasteiger partial charge in [-0.15, -0.1) is 0 Å². The van der Waals surface area contributed by atoms with Crippen molar-refractivity contribution in [2.24, 2.45) is 0 Å². The summed E-state index contributed by atoms with van der Waals surface area (Å²) in [6.45, 7) is 1.77. The van der Waals surface area contributed by atoms with Gasteiger partial charge in [0.25, 0.3) is 5.95 Å². The maximum atomic E-state index is 5.82. The molecular weight excluding hydrogens is 286 g/mol. The fourth-order valence-corrected chi connectivity index (χ4v) is 1.46. The van der Waals surface area contributed by atoms with Crippen LogP contribution in [-0.4, -0.2) is 58.3 Å². The van der Waals surface area contributed by atoms with Gasteiger partial charge in [0.2, 0.25) is 5.28 Å². The van der Waals surface area contributed by atoms with Crippen molar-refractivity contribution in [2.75, 3.05) is 33.5 Å². The number of hydrogen-bond donors (Lipinski definition) is 0. The van der Waals surface area contributed by atoms with Gasteiger partial charge in [0.15, 0.2) is 0 Å². The van der Waals surface area contributed by atoms with Crippen LogP contribution in [0.4, 0.5) is 0 Å². The topological polar surface area (TPSA) is 84.2 Å². The molecule has 20 heavy (non-hydrogen) atoms. The van der Waals surface area contributed by atoms with Gasteiger partial charge in [0.1, 0.15) is 6.61 Å². The molecule has 2 aromatic heterocycles. The highest BCUT2D eigenvalue weighted by Gasteiger charge is 2.08. The van der Waals surface area contributed by atoms with E-state index >= 15 is 0 Å². The zero-order chi connectivity index (χ0) is 14.2. The van der Waals surface area contributed by atoms with Crippen molar-refractivity contribution in [3.05, 3.63) is 23.7 Å². The van der Waals surface area contributed by atoms with Gasteiger partial charge in [-0.2, -0.15) is 20.1 Å². The summed E-state index contributed by atoms with van der Waals surface area (Å²) >= 11 is 5.82. The Labute approximate surface area is 120 Å². The second-order valence-corrected chi connectivity index (χ2v) is 3.93. The minimum Gasteiger partial charge on any atom is -0.461 e. The van der Waals surface area contributed by atoms with Crippen LogP contribution in [0.25, 0.3) is 5.95 Å². The molecule has 0 bridgehead atoms. The summed E-state index contributed by atoms with van der Waals surface area (Å²) in [5.41, 5.74) is 0. The SMILES string of the molecule is COCCOCCOc1nc(Cl)nc(-n2cccn2)n1. The molecular formula is C11H14ClN5O3. The Morgan fingerprint density at radius 1 is 1.15 bits per heavy atom. The molecule has 108 valence electrons. The first-order valence-corrected chi connectivity index (χ1v) is 6.28. The molecule has 0 N–H and O–H groups in total. The molecule has 9 heteroatoms. The van der Waals surface area contributed by atoms with E-state index in [1.807, 2.05) is 0 Å².